The molecule has 0 aliphatic rings. The molecule has 8 nitrogen and oxygen atoms in total. The zero-order valence-corrected chi connectivity index (χ0v) is 16.2. The predicted octanol–water partition coefficient (Wildman–Crippen LogP) is 2.67. The van der Waals surface area contributed by atoms with Gasteiger partial charge >= 0.3 is 0 Å². The fourth-order valence-corrected chi connectivity index (χ4v) is 2.50. The van der Waals surface area contributed by atoms with Gasteiger partial charge in [-0.1, -0.05) is 32.9 Å². The van der Waals surface area contributed by atoms with Gasteiger partial charge in [-0.15, -0.1) is 0 Å². The molecule has 8 heteroatoms. The summed E-state index contributed by atoms with van der Waals surface area (Å²) in [6.07, 6.45) is 3.09. The highest BCUT2D eigenvalue weighted by Gasteiger charge is 2.17. The number of rotatable bonds is 3. The highest BCUT2D eigenvalue weighted by Crippen LogP contribution is 2.25. The Labute approximate surface area is 162 Å². The largest absolute Gasteiger partial charge is 0.394 e. The molecule has 0 unspecified atom stereocenters. The Morgan fingerprint density at radius 3 is 2.50 bits per heavy atom. The van der Waals surface area contributed by atoms with Gasteiger partial charge in [0.2, 0.25) is 0 Å². The SMILES string of the molecule is Cc1ccc(-c2cc(N)c(=O)[nH]n2)cc1NC(=O)c1cnc(C(C)(C)C)cn1. The van der Waals surface area contributed by atoms with Crippen molar-refractivity contribution < 1.29 is 4.79 Å². The van der Waals surface area contributed by atoms with E-state index in [0.717, 1.165) is 11.3 Å². The average Bonchev–Trinajstić information content (AvgIpc) is 2.65. The van der Waals surface area contributed by atoms with Crippen LogP contribution in [0.2, 0.25) is 0 Å². The third-order valence-corrected chi connectivity index (χ3v) is 4.27. The molecule has 1 amide bonds. The minimum absolute atomic E-state index is 0.0744. The molecule has 144 valence electrons. The van der Waals surface area contributed by atoms with Crippen molar-refractivity contribution in [2.45, 2.75) is 33.1 Å². The van der Waals surface area contributed by atoms with Crippen LogP contribution in [0.25, 0.3) is 11.3 Å². The molecule has 28 heavy (non-hydrogen) atoms. The molecular weight excluding hydrogens is 356 g/mol. The zero-order chi connectivity index (χ0) is 20.5. The summed E-state index contributed by atoms with van der Waals surface area (Å²) in [6, 6.07) is 6.95. The van der Waals surface area contributed by atoms with Crippen LogP contribution in [-0.2, 0) is 5.41 Å². The Hall–Kier alpha value is -3.55. The summed E-state index contributed by atoms with van der Waals surface area (Å²) in [5, 5.41) is 9.19. The van der Waals surface area contributed by atoms with Crippen LogP contribution in [-0.4, -0.2) is 26.1 Å². The van der Waals surface area contributed by atoms with E-state index in [1.807, 2.05) is 39.8 Å². The quantitative estimate of drug-likeness (QED) is 0.643. The molecule has 0 aliphatic carbocycles. The van der Waals surface area contributed by atoms with E-state index in [9.17, 15) is 9.59 Å². The van der Waals surface area contributed by atoms with Crippen molar-refractivity contribution in [2.75, 3.05) is 11.1 Å². The first kappa shape index (κ1) is 19.2. The molecule has 2 aromatic heterocycles. The molecule has 0 saturated heterocycles. The maximum absolute atomic E-state index is 12.6. The first-order valence-corrected chi connectivity index (χ1v) is 8.75. The van der Waals surface area contributed by atoms with Gasteiger partial charge in [0.05, 0.1) is 17.6 Å². The Bertz CT molecular complexity index is 1080. The molecule has 4 N–H and O–H groups in total. The number of aryl methyl sites for hydroxylation is 1. The third kappa shape index (κ3) is 4.06. The van der Waals surface area contributed by atoms with Crippen LogP contribution in [0, 0.1) is 6.92 Å². The minimum Gasteiger partial charge on any atom is -0.394 e. The van der Waals surface area contributed by atoms with Gasteiger partial charge in [-0.25, -0.2) is 10.1 Å². The molecule has 0 bridgehead atoms. The van der Waals surface area contributed by atoms with E-state index in [4.69, 9.17) is 5.73 Å². The molecule has 0 saturated carbocycles. The first-order chi connectivity index (χ1) is 13.1. The highest BCUT2D eigenvalue weighted by molar-refractivity contribution is 6.03. The Morgan fingerprint density at radius 1 is 1.14 bits per heavy atom. The highest BCUT2D eigenvalue weighted by atomic mass is 16.2. The number of nitrogen functional groups attached to an aromatic ring is 1. The van der Waals surface area contributed by atoms with Crippen LogP contribution in [0.5, 0.6) is 0 Å². The molecule has 1 aromatic carbocycles. The molecule has 0 fully saturated rings. The van der Waals surface area contributed by atoms with Gasteiger partial charge < -0.3 is 11.1 Å². The number of aromatic amines is 1. The standard InChI is InChI=1S/C20H22N6O2/c1-11-5-6-12(15-8-13(21)18(27)26-25-15)7-14(11)24-19(28)16-9-23-17(10-22-16)20(2,3)4/h5-10H,1-4H3,(H2,21,25)(H,24,28)(H,26,27). The maximum Gasteiger partial charge on any atom is 0.287 e. The molecule has 2 heterocycles. The van der Waals surface area contributed by atoms with Crippen molar-refractivity contribution in [3.63, 3.8) is 0 Å². The van der Waals surface area contributed by atoms with Crippen molar-refractivity contribution in [1.29, 1.82) is 0 Å². The summed E-state index contributed by atoms with van der Waals surface area (Å²) in [7, 11) is 0. The van der Waals surface area contributed by atoms with E-state index < -0.39 is 5.56 Å². The molecule has 0 radical (unpaired) electrons. The molecular formula is C20H22N6O2. The normalized spacial score (nSPS) is 11.3. The second-order valence-corrected chi connectivity index (χ2v) is 7.56. The maximum atomic E-state index is 12.6. The van der Waals surface area contributed by atoms with Crippen molar-refractivity contribution in [3.05, 3.63) is 64.0 Å². The summed E-state index contributed by atoms with van der Waals surface area (Å²) in [6.45, 7) is 7.97. The van der Waals surface area contributed by atoms with Gasteiger partial charge in [0.1, 0.15) is 11.4 Å². The Kier molecular flexibility index (Phi) is 4.96. The lowest BCUT2D eigenvalue weighted by molar-refractivity contribution is 0.102. The van der Waals surface area contributed by atoms with Crippen LogP contribution in [0.4, 0.5) is 11.4 Å². The molecule has 0 spiro atoms. The number of aromatic nitrogens is 4. The van der Waals surface area contributed by atoms with Gasteiger partial charge in [-0.3, -0.25) is 14.6 Å². The smallest absolute Gasteiger partial charge is 0.287 e. The topological polar surface area (TPSA) is 127 Å². The van der Waals surface area contributed by atoms with Crippen LogP contribution in [0.1, 0.15) is 42.5 Å². The van der Waals surface area contributed by atoms with E-state index in [0.29, 0.717) is 16.9 Å². The number of nitrogens with one attached hydrogen (secondary N) is 2. The number of hydrogen-bond donors (Lipinski definition) is 3. The fraction of sp³-hybridized carbons (Fsp3) is 0.250. The number of hydrogen-bond acceptors (Lipinski definition) is 6. The van der Waals surface area contributed by atoms with E-state index in [1.165, 1.54) is 12.3 Å². The number of carbonyl (C=O) groups excluding carboxylic acids is 1. The van der Waals surface area contributed by atoms with Gasteiger partial charge in [0.25, 0.3) is 11.5 Å². The third-order valence-electron chi connectivity index (χ3n) is 4.27. The summed E-state index contributed by atoms with van der Waals surface area (Å²) in [4.78, 5) is 32.5. The van der Waals surface area contributed by atoms with Crippen LogP contribution < -0.4 is 16.6 Å². The number of nitrogens with zero attached hydrogens (tertiary/aromatic N) is 3. The summed E-state index contributed by atoms with van der Waals surface area (Å²) < 4.78 is 0. The number of benzene rings is 1. The van der Waals surface area contributed by atoms with E-state index in [1.54, 1.807) is 12.3 Å². The van der Waals surface area contributed by atoms with E-state index in [-0.39, 0.29) is 22.7 Å². The second kappa shape index (κ2) is 7.22. The number of nitrogens with two attached hydrogens (primary N) is 1. The number of amides is 1. The molecule has 3 aromatic rings. The number of H-pyrrole nitrogens is 1. The van der Waals surface area contributed by atoms with Crippen molar-refractivity contribution in [3.8, 4) is 11.3 Å². The van der Waals surface area contributed by atoms with Crippen LogP contribution in [0.15, 0.2) is 41.5 Å². The van der Waals surface area contributed by atoms with Gasteiger partial charge in [-0.2, -0.15) is 5.10 Å². The lowest BCUT2D eigenvalue weighted by Gasteiger charge is -2.17. The van der Waals surface area contributed by atoms with Crippen molar-refractivity contribution in [2.24, 2.45) is 0 Å². The average molecular weight is 378 g/mol. The Morgan fingerprint density at radius 2 is 1.89 bits per heavy atom. The van der Waals surface area contributed by atoms with E-state index in [2.05, 4.69) is 25.5 Å². The zero-order valence-electron chi connectivity index (χ0n) is 16.2. The van der Waals surface area contributed by atoms with Crippen molar-refractivity contribution in [1.82, 2.24) is 20.2 Å². The monoisotopic (exact) mass is 378 g/mol. The second-order valence-electron chi connectivity index (χ2n) is 7.56. The lowest BCUT2D eigenvalue weighted by Crippen LogP contribution is -2.18. The summed E-state index contributed by atoms with van der Waals surface area (Å²) >= 11 is 0. The summed E-state index contributed by atoms with van der Waals surface area (Å²) in [5.41, 5.74) is 8.87. The van der Waals surface area contributed by atoms with Crippen molar-refractivity contribution >= 4 is 17.3 Å². The number of anilines is 2. The molecule has 3 rings (SSSR count). The first-order valence-electron chi connectivity index (χ1n) is 8.75. The van der Waals surface area contributed by atoms with Crippen LogP contribution >= 0.6 is 0 Å². The van der Waals surface area contributed by atoms with Crippen LogP contribution in [0.3, 0.4) is 0 Å². The summed E-state index contributed by atoms with van der Waals surface area (Å²) in [5.74, 6) is -0.359. The fourth-order valence-electron chi connectivity index (χ4n) is 2.50. The predicted molar refractivity (Wildman–Crippen MR) is 108 cm³/mol. The van der Waals surface area contributed by atoms with Gasteiger partial charge in [0, 0.05) is 22.9 Å². The number of carbonyl (C=O) groups is 1. The minimum atomic E-state index is -0.443. The van der Waals surface area contributed by atoms with Gasteiger partial charge in [0.15, 0.2) is 0 Å². The van der Waals surface area contributed by atoms with E-state index >= 15 is 0 Å². The Balaban J connectivity index is 1.86. The molecule has 0 aliphatic heterocycles. The van der Waals surface area contributed by atoms with Gasteiger partial charge in [-0.05, 0) is 24.6 Å². The lowest BCUT2D eigenvalue weighted by atomic mass is 9.93. The molecule has 0 atom stereocenters.